The van der Waals surface area contributed by atoms with Crippen LogP contribution in [0.25, 0.3) is 21.5 Å². The SMILES string of the molecule is COCCN(C)C(=O)c1c[nH]cc1C(c1cccc2ccccc12)c1cncn1CCc1ccc2ccccc2c1. The van der Waals surface area contributed by atoms with E-state index in [2.05, 4.69) is 99.5 Å². The molecule has 206 valence electrons. The van der Waals surface area contributed by atoms with Crippen molar-refractivity contribution < 1.29 is 9.53 Å². The molecule has 0 aliphatic carbocycles. The first-order valence-electron chi connectivity index (χ1n) is 14.0. The molecule has 0 saturated heterocycles. The minimum atomic E-state index is -0.193. The van der Waals surface area contributed by atoms with Crippen LogP contribution in [0.1, 0.15) is 38.7 Å². The molecule has 0 fully saturated rings. The highest BCUT2D eigenvalue weighted by Crippen LogP contribution is 2.38. The summed E-state index contributed by atoms with van der Waals surface area (Å²) in [4.78, 5) is 23.2. The number of aryl methyl sites for hydroxylation is 2. The lowest BCUT2D eigenvalue weighted by atomic mass is 9.85. The molecule has 6 aromatic rings. The first kappa shape index (κ1) is 26.5. The third kappa shape index (κ3) is 5.39. The van der Waals surface area contributed by atoms with Crippen molar-refractivity contribution in [3.63, 3.8) is 0 Å². The third-order valence-electron chi connectivity index (χ3n) is 7.93. The molecule has 1 N–H and O–H groups in total. The van der Waals surface area contributed by atoms with Crippen molar-refractivity contribution in [1.82, 2.24) is 19.4 Å². The van der Waals surface area contributed by atoms with Crippen molar-refractivity contribution in [2.75, 3.05) is 27.3 Å². The smallest absolute Gasteiger partial charge is 0.255 e. The highest BCUT2D eigenvalue weighted by molar-refractivity contribution is 5.96. The van der Waals surface area contributed by atoms with E-state index in [1.165, 1.54) is 16.3 Å². The van der Waals surface area contributed by atoms with Gasteiger partial charge < -0.3 is 19.2 Å². The van der Waals surface area contributed by atoms with E-state index in [9.17, 15) is 4.79 Å². The molecule has 0 saturated carbocycles. The molecule has 0 aliphatic rings. The number of carbonyl (C=O) groups is 1. The second-order valence-corrected chi connectivity index (χ2v) is 10.5. The Kier molecular flexibility index (Phi) is 7.65. The van der Waals surface area contributed by atoms with Gasteiger partial charge >= 0.3 is 0 Å². The summed E-state index contributed by atoms with van der Waals surface area (Å²) in [6.45, 7) is 1.77. The molecule has 41 heavy (non-hydrogen) atoms. The fourth-order valence-electron chi connectivity index (χ4n) is 5.73. The molecule has 6 nitrogen and oxygen atoms in total. The summed E-state index contributed by atoms with van der Waals surface area (Å²) in [6.07, 6.45) is 8.50. The summed E-state index contributed by atoms with van der Waals surface area (Å²) >= 11 is 0. The predicted molar refractivity (Wildman–Crippen MR) is 164 cm³/mol. The molecule has 2 heterocycles. The van der Waals surface area contributed by atoms with Gasteiger partial charge in [0.25, 0.3) is 5.91 Å². The number of methoxy groups -OCH3 is 1. The Hall–Kier alpha value is -4.68. The van der Waals surface area contributed by atoms with Crippen molar-refractivity contribution in [2.24, 2.45) is 0 Å². The normalized spacial score (nSPS) is 12.1. The maximum Gasteiger partial charge on any atom is 0.255 e. The van der Waals surface area contributed by atoms with E-state index in [4.69, 9.17) is 4.74 Å². The summed E-state index contributed by atoms with van der Waals surface area (Å²) in [5, 5.41) is 4.82. The van der Waals surface area contributed by atoms with Crippen molar-refractivity contribution in [3.8, 4) is 0 Å². The number of nitrogens with zero attached hydrogens (tertiary/aromatic N) is 3. The number of nitrogens with one attached hydrogen (secondary N) is 1. The summed E-state index contributed by atoms with van der Waals surface area (Å²) in [5.41, 5.74) is 5.06. The molecule has 1 atom stereocenters. The fraction of sp³-hybridized carbons (Fsp3) is 0.200. The monoisotopic (exact) mass is 542 g/mol. The number of amides is 1. The third-order valence-corrected chi connectivity index (χ3v) is 7.93. The average Bonchev–Trinajstić information content (AvgIpc) is 3.69. The van der Waals surface area contributed by atoms with Gasteiger partial charge in [0.05, 0.1) is 24.4 Å². The largest absolute Gasteiger partial charge is 0.383 e. The zero-order chi connectivity index (χ0) is 28.2. The summed E-state index contributed by atoms with van der Waals surface area (Å²) in [5.74, 6) is -0.230. The van der Waals surface area contributed by atoms with Crippen LogP contribution in [0.5, 0.6) is 0 Å². The second kappa shape index (κ2) is 11.8. The first-order chi connectivity index (χ1) is 20.1. The lowest BCUT2D eigenvalue weighted by Gasteiger charge is -2.23. The minimum absolute atomic E-state index is 0.0363. The Morgan fingerprint density at radius 3 is 2.56 bits per heavy atom. The van der Waals surface area contributed by atoms with Gasteiger partial charge in [-0.25, -0.2) is 4.98 Å². The number of hydrogen-bond acceptors (Lipinski definition) is 3. The van der Waals surface area contributed by atoms with Crippen LogP contribution in [-0.4, -0.2) is 52.7 Å². The number of likely N-dealkylation sites (N-methyl/N-ethyl adjacent to an activating group) is 1. The van der Waals surface area contributed by atoms with Crippen LogP contribution >= 0.6 is 0 Å². The van der Waals surface area contributed by atoms with Gasteiger partial charge in [-0.2, -0.15) is 0 Å². The number of benzene rings is 4. The van der Waals surface area contributed by atoms with Crippen LogP contribution in [0.2, 0.25) is 0 Å². The maximum absolute atomic E-state index is 13.6. The van der Waals surface area contributed by atoms with Crippen molar-refractivity contribution >= 4 is 27.5 Å². The Labute approximate surface area is 240 Å². The number of fused-ring (bicyclic) bond motifs is 2. The Morgan fingerprint density at radius 2 is 1.71 bits per heavy atom. The van der Waals surface area contributed by atoms with E-state index in [1.54, 1.807) is 12.0 Å². The van der Waals surface area contributed by atoms with Crippen molar-refractivity contribution in [2.45, 2.75) is 18.9 Å². The second-order valence-electron chi connectivity index (χ2n) is 10.5. The molecular weight excluding hydrogens is 508 g/mol. The van der Waals surface area contributed by atoms with E-state index in [0.717, 1.165) is 40.6 Å². The molecule has 6 heteroatoms. The van der Waals surface area contributed by atoms with Crippen LogP contribution in [0.15, 0.2) is 110 Å². The number of hydrogen-bond donors (Lipinski definition) is 1. The first-order valence-corrected chi connectivity index (χ1v) is 14.0. The van der Waals surface area contributed by atoms with Gasteiger partial charge in [-0.05, 0) is 44.7 Å². The molecule has 0 aliphatic heterocycles. The molecule has 1 amide bonds. The van der Waals surface area contributed by atoms with Gasteiger partial charge in [-0.3, -0.25) is 4.79 Å². The molecule has 6 rings (SSSR count). The van der Waals surface area contributed by atoms with Gasteiger partial charge in [-0.15, -0.1) is 0 Å². The molecule has 0 spiro atoms. The van der Waals surface area contributed by atoms with Crippen LogP contribution in [-0.2, 0) is 17.7 Å². The minimum Gasteiger partial charge on any atom is -0.383 e. The topological polar surface area (TPSA) is 63.1 Å². The number of carbonyl (C=O) groups excluding carboxylic acids is 1. The lowest BCUT2D eigenvalue weighted by Crippen LogP contribution is -2.30. The summed E-state index contributed by atoms with van der Waals surface area (Å²) in [7, 11) is 3.47. The van der Waals surface area contributed by atoms with Gasteiger partial charge in [0.2, 0.25) is 0 Å². The lowest BCUT2D eigenvalue weighted by molar-refractivity contribution is 0.0743. The average molecular weight is 543 g/mol. The Bertz CT molecular complexity index is 1800. The van der Waals surface area contributed by atoms with Crippen LogP contribution in [0.3, 0.4) is 0 Å². The van der Waals surface area contributed by atoms with E-state index < -0.39 is 0 Å². The highest BCUT2D eigenvalue weighted by Gasteiger charge is 2.28. The number of H-pyrrole nitrogens is 1. The van der Waals surface area contributed by atoms with E-state index in [-0.39, 0.29) is 11.8 Å². The van der Waals surface area contributed by atoms with Gasteiger partial charge in [0, 0.05) is 51.5 Å². The predicted octanol–water partition coefficient (Wildman–Crippen LogP) is 6.66. The highest BCUT2D eigenvalue weighted by atomic mass is 16.5. The number of ether oxygens (including phenoxy) is 1. The van der Waals surface area contributed by atoms with Gasteiger partial charge in [-0.1, -0.05) is 84.9 Å². The van der Waals surface area contributed by atoms with Gasteiger partial charge in [0.1, 0.15) is 0 Å². The zero-order valence-electron chi connectivity index (χ0n) is 23.5. The van der Waals surface area contributed by atoms with E-state index in [1.807, 2.05) is 32.0 Å². The zero-order valence-corrected chi connectivity index (χ0v) is 23.5. The maximum atomic E-state index is 13.6. The van der Waals surface area contributed by atoms with Gasteiger partial charge in [0.15, 0.2) is 0 Å². The number of aromatic amines is 1. The van der Waals surface area contributed by atoms with Crippen LogP contribution in [0.4, 0.5) is 0 Å². The number of rotatable bonds is 10. The Morgan fingerprint density at radius 1 is 0.927 bits per heavy atom. The molecule has 4 aromatic carbocycles. The molecular formula is C35H34N4O2. The molecule has 1 unspecified atom stereocenters. The van der Waals surface area contributed by atoms with E-state index in [0.29, 0.717) is 18.7 Å². The number of imidazole rings is 1. The standard InChI is InChI=1S/C35H34N4O2/c1-38(18-19-41-2)35(40)32-22-36-21-31(32)34(30-13-7-11-27-9-5-6-12-29(27)30)33-23-37-24-39(33)17-16-25-14-15-26-8-3-4-10-28(26)20-25/h3-15,20-24,34,36H,16-19H2,1-2H3. The molecule has 2 aromatic heterocycles. The van der Waals surface area contributed by atoms with Crippen LogP contribution < -0.4 is 0 Å². The molecule has 0 bridgehead atoms. The quantitative estimate of drug-likeness (QED) is 0.211. The van der Waals surface area contributed by atoms with Crippen molar-refractivity contribution in [1.29, 1.82) is 0 Å². The molecule has 0 radical (unpaired) electrons. The summed E-state index contributed by atoms with van der Waals surface area (Å²) in [6, 6.07) is 29.9. The van der Waals surface area contributed by atoms with Crippen LogP contribution in [0, 0.1) is 0 Å². The van der Waals surface area contributed by atoms with Crippen molar-refractivity contribution in [3.05, 3.63) is 138 Å². The fourth-order valence-corrected chi connectivity index (χ4v) is 5.73. The Balaban J connectivity index is 1.41. The summed E-state index contributed by atoms with van der Waals surface area (Å²) < 4.78 is 7.46. The van der Waals surface area contributed by atoms with E-state index >= 15 is 0 Å². The number of aromatic nitrogens is 3.